The zero-order valence-corrected chi connectivity index (χ0v) is 19.8. The lowest BCUT2D eigenvalue weighted by molar-refractivity contribution is 0.0952. The van der Waals surface area contributed by atoms with Gasteiger partial charge in [-0.1, -0.05) is 58.3 Å². The molecule has 2 N–H and O–H groups in total. The van der Waals surface area contributed by atoms with Crippen LogP contribution in [0.5, 0.6) is 0 Å². The molecule has 2 rings (SSSR count). The molecule has 6 nitrogen and oxygen atoms in total. The molecule has 0 bridgehead atoms. The Kier molecular flexibility index (Phi) is 12.5. The maximum absolute atomic E-state index is 12.3. The van der Waals surface area contributed by atoms with Crippen molar-refractivity contribution in [2.75, 3.05) is 44.7 Å². The van der Waals surface area contributed by atoms with E-state index in [1.807, 2.05) is 19.1 Å². The molecule has 1 saturated heterocycles. The summed E-state index contributed by atoms with van der Waals surface area (Å²) in [5.74, 6) is 0.939. The smallest absolute Gasteiger partial charge is 0.252 e. The van der Waals surface area contributed by atoms with Gasteiger partial charge in [-0.25, -0.2) is 4.98 Å². The molecule has 0 aromatic carbocycles. The number of amides is 1. The van der Waals surface area contributed by atoms with Crippen LogP contribution in [0, 0.1) is 0 Å². The van der Waals surface area contributed by atoms with E-state index >= 15 is 0 Å². The van der Waals surface area contributed by atoms with Crippen LogP contribution in [0.4, 0.5) is 5.82 Å². The first-order chi connectivity index (χ1) is 15.1. The predicted molar refractivity (Wildman–Crippen MR) is 129 cm³/mol. The number of carbonyl (C=O) groups excluding carboxylic acids is 1. The summed E-state index contributed by atoms with van der Waals surface area (Å²) in [7, 11) is 2.14. The second-order valence-electron chi connectivity index (χ2n) is 8.98. The third kappa shape index (κ3) is 10.5. The molecule has 0 radical (unpaired) electrons. The van der Waals surface area contributed by atoms with Gasteiger partial charge < -0.3 is 20.2 Å². The van der Waals surface area contributed by atoms with Gasteiger partial charge >= 0.3 is 0 Å². The van der Waals surface area contributed by atoms with Crippen LogP contribution in [-0.4, -0.2) is 66.8 Å². The van der Waals surface area contributed by atoms with E-state index in [9.17, 15) is 9.90 Å². The summed E-state index contributed by atoms with van der Waals surface area (Å²) < 4.78 is 0. The SMILES string of the molecule is CCC(O)CCCCCCCCCCCNC(=O)c1ccc(N2CCN(C)CC2)nc1. The quantitative estimate of drug-likeness (QED) is 0.406. The number of hydrogen-bond acceptors (Lipinski definition) is 5. The second-order valence-corrected chi connectivity index (χ2v) is 8.98. The maximum Gasteiger partial charge on any atom is 0.252 e. The molecule has 2 heterocycles. The summed E-state index contributed by atoms with van der Waals surface area (Å²) in [6.45, 7) is 6.84. The van der Waals surface area contributed by atoms with Crippen LogP contribution in [-0.2, 0) is 0 Å². The molecule has 1 atom stereocenters. The lowest BCUT2D eigenvalue weighted by Gasteiger charge is -2.33. The molecule has 1 aromatic heterocycles. The van der Waals surface area contributed by atoms with Crippen LogP contribution < -0.4 is 10.2 Å². The van der Waals surface area contributed by atoms with E-state index in [1.165, 1.54) is 44.9 Å². The molecule has 0 saturated carbocycles. The van der Waals surface area contributed by atoms with Crippen molar-refractivity contribution in [3.63, 3.8) is 0 Å². The monoisotopic (exact) mass is 432 g/mol. The third-order valence-corrected chi connectivity index (χ3v) is 6.31. The van der Waals surface area contributed by atoms with Crippen LogP contribution in [0.1, 0.15) is 87.9 Å². The Balaban J connectivity index is 1.46. The Labute approximate surface area is 189 Å². The molecule has 1 aliphatic heterocycles. The average molecular weight is 433 g/mol. The molecule has 6 heteroatoms. The van der Waals surface area contributed by atoms with E-state index in [1.54, 1.807) is 6.20 Å². The number of pyridine rings is 1. The van der Waals surface area contributed by atoms with E-state index in [0.717, 1.165) is 64.2 Å². The van der Waals surface area contributed by atoms with Gasteiger partial charge in [-0.2, -0.15) is 0 Å². The summed E-state index contributed by atoms with van der Waals surface area (Å²) >= 11 is 0. The number of hydrogen-bond donors (Lipinski definition) is 2. The van der Waals surface area contributed by atoms with Crippen molar-refractivity contribution in [2.24, 2.45) is 0 Å². The predicted octanol–water partition coefficient (Wildman–Crippen LogP) is 4.24. The minimum absolute atomic E-state index is 0.0226. The third-order valence-electron chi connectivity index (χ3n) is 6.31. The molecular weight excluding hydrogens is 388 g/mol. The first-order valence-electron chi connectivity index (χ1n) is 12.5. The number of nitrogens with zero attached hydrogens (tertiary/aromatic N) is 3. The molecule has 0 aliphatic carbocycles. The highest BCUT2D eigenvalue weighted by Gasteiger charge is 2.15. The Bertz CT molecular complexity index is 600. The number of nitrogens with one attached hydrogen (secondary N) is 1. The van der Waals surface area contributed by atoms with Crippen molar-refractivity contribution in [3.8, 4) is 0 Å². The van der Waals surface area contributed by atoms with Gasteiger partial charge in [0.2, 0.25) is 0 Å². The zero-order chi connectivity index (χ0) is 22.3. The largest absolute Gasteiger partial charge is 0.393 e. The Morgan fingerprint density at radius 3 is 2.19 bits per heavy atom. The number of carbonyl (C=O) groups is 1. The highest BCUT2D eigenvalue weighted by atomic mass is 16.3. The first kappa shape index (κ1) is 25.6. The fourth-order valence-electron chi connectivity index (χ4n) is 3.99. The van der Waals surface area contributed by atoms with Gasteiger partial charge in [0.15, 0.2) is 0 Å². The molecule has 1 aliphatic rings. The van der Waals surface area contributed by atoms with Gasteiger partial charge in [-0.05, 0) is 38.4 Å². The highest BCUT2D eigenvalue weighted by Crippen LogP contribution is 2.14. The lowest BCUT2D eigenvalue weighted by atomic mass is 10.0. The minimum Gasteiger partial charge on any atom is -0.393 e. The van der Waals surface area contributed by atoms with E-state index < -0.39 is 0 Å². The van der Waals surface area contributed by atoms with Gasteiger partial charge in [0, 0.05) is 38.9 Å². The van der Waals surface area contributed by atoms with Gasteiger partial charge in [0.25, 0.3) is 5.91 Å². The fourth-order valence-corrected chi connectivity index (χ4v) is 3.99. The van der Waals surface area contributed by atoms with Gasteiger partial charge in [0.05, 0.1) is 11.7 Å². The Hall–Kier alpha value is -1.66. The van der Waals surface area contributed by atoms with Crippen LogP contribution >= 0.6 is 0 Å². The number of rotatable bonds is 15. The van der Waals surface area contributed by atoms with E-state index in [4.69, 9.17) is 0 Å². The van der Waals surface area contributed by atoms with Crippen LogP contribution in [0.2, 0.25) is 0 Å². The van der Waals surface area contributed by atoms with Crippen molar-refractivity contribution in [3.05, 3.63) is 23.9 Å². The van der Waals surface area contributed by atoms with Gasteiger partial charge in [-0.15, -0.1) is 0 Å². The molecule has 1 unspecified atom stereocenters. The summed E-state index contributed by atoms with van der Waals surface area (Å²) in [5.41, 5.74) is 0.643. The molecule has 1 aromatic rings. The van der Waals surface area contributed by atoms with Gasteiger partial charge in [-0.3, -0.25) is 4.79 Å². The number of aliphatic hydroxyl groups is 1. The lowest BCUT2D eigenvalue weighted by Crippen LogP contribution is -2.44. The number of unbranched alkanes of at least 4 members (excludes halogenated alkanes) is 8. The van der Waals surface area contributed by atoms with Crippen molar-refractivity contribution < 1.29 is 9.90 Å². The Morgan fingerprint density at radius 1 is 1.00 bits per heavy atom. The molecule has 31 heavy (non-hydrogen) atoms. The standard InChI is InChI=1S/C25H44N4O2/c1-3-23(30)13-11-9-7-5-4-6-8-10-12-16-26-25(31)22-14-15-24(27-21-22)29-19-17-28(2)18-20-29/h14-15,21,23,30H,3-13,16-20H2,1-2H3,(H,26,31). The normalized spacial score (nSPS) is 15.8. The zero-order valence-electron chi connectivity index (χ0n) is 19.8. The van der Waals surface area contributed by atoms with Crippen molar-refractivity contribution in [2.45, 2.75) is 83.7 Å². The topological polar surface area (TPSA) is 68.7 Å². The van der Waals surface area contributed by atoms with Crippen molar-refractivity contribution in [1.29, 1.82) is 0 Å². The van der Waals surface area contributed by atoms with Crippen molar-refractivity contribution in [1.82, 2.24) is 15.2 Å². The van der Waals surface area contributed by atoms with E-state index in [0.29, 0.717) is 5.56 Å². The number of likely N-dealkylation sites (N-methyl/N-ethyl adjacent to an activating group) is 1. The summed E-state index contributed by atoms with van der Waals surface area (Å²) in [6.07, 6.45) is 14.4. The summed E-state index contributed by atoms with van der Waals surface area (Å²) in [4.78, 5) is 21.4. The molecular formula is C25H44N4O2. The molecule has 0 spiro atoms. The average Bonchev–Trinajstić information content (AvgIpc) is 2.80. The molecule has 176 valence electrons. The second kappa shape index (κ2) is 15.2. The first-order valence-corrected chi connectivity index (χ1v) is 12.5. The number of piperazine rings is 1. The maximum atomic E-state index is 12.3. The van der Waals surface area contributed by atoms with Crippen LogP contribution in [0.25, 0.3) is 0 Å². The van der Waals surface area contributed by atoms with Crippen molar-refractivity contribution >= 4 is 11.7 Å². The summed E-state index contributed by atoms with van der Waals surface area (Å²) in [5, 5.41) is 12.6. The number of aliphatic hydroxyl groups excluding tert-OH is 1. The Morgan fingerprint density at radius 2 is 1.61 bits per heavy atom. The van der Waals surface area contributed by atoms with Crippen LogP contribution in [0.3, 0.4) is 0 Å². The van der Waals surface area contributed by atoms with Crippen LogP contribution in [0.15, 0.2) is 18.3 Å². The minimum atomic E-state index is -0.0989. The summed E-state index contributed by atoms with van der Waals surface area (Å²) in [6, 6.07) is 3.85. The fraction of sp³-hybridized carbons (Fsp3) is 0.760. The highest BCUT2D eigenvalue weighted by molar-refractivity contribution is 5.94. The number of anilines is 1. The molecule has 1 fully saturated rings. The molecule has 1 amide bonds. The van der Waals surface area contributed by atoms with Gasteiger partial charge in [0.1, 0.15) is 5.82 Å². The van der Waals surface area contributed by atoms with E-state index in [2.05, 4.69) is 27.1 Å². The van der Waals surface area contributed by atoms with E-state index in [-0.39, 0.29) is 12.0 Å². The number of aromatic nitrogens is 1.